The largest absolute Gasteiger partial charge is 0.419 e. The van der Waals surface area contributed by atoms with Gasteiger partial charge in [0.05, 0.1) is 11.8 Å². The third-order valence-corrected chi connectivity index (χ3v) is 2.99. The van der Waals surface area contributed by atoms with E-state index in [9.17, 15) is 22.4 Å². The molecule has 1 aromatic heterocycles. The van der Waals surface area contributed by atoms with Crippen molar-refractivity contribution in [3.8, 4) is 0 Å². The highest BCUT2D eigenvalue weighted by molar-refractivity contribution is 5.96. The molecule has 0 amide bonds. The Hall–Kier alpha value is -2.18. The number of hydrogen-bond donors (Lipinski definition) is 0. The maximum absolute atomic E-state index is 13.1. The number of Topliss-reactive ketones (excluding diaryl/α,β-unsaturated/α-hetero) is 1. The van der Waals surface area contributed by atoms with Gasteiger partial charge in [-0.2, -0.15) is 18.3 Å². The summed E-state index contributed by atoms with van der Waals surface area (Å²) in [6.07, 6.45) is -1.11. The normalized spacial score (nSPS) is 11.7. The molecule has 0 aliphatic rings. The number of alkyl halides is 3. The van der Waals surface area contributed by atoms with Gasteiger partial charge in [-0.3, -0.25) is 9.48 Å². The molecular formula is C14H12F4N2O. The van der Waals surface area contributed by atoms with Crippen molar-refractivity contribution in [2.45, 2.75) is 19.0 Å². The van der Waals surface area contributed by atoms with E-state index in [4.69, 9.17) is 0 Å². The third-order valence-electron chi connectivity index (χ3n) is 2.99. The van der Waals surface area contributed by atoms with E-state index in [1.807, 2.05) is 0 Å². The van der Waals surface area contributed by atoms with Crippen molar-refractivity contribution in [2.75, 3.05) is 0 Å². The van der Waals surface area contributed by atoms with Crippen LogP contribution in [0.3, 0.4) is 0 Å². The Morgan fingerprint density at radius 2 is 2.05 bits per heavy atom. The van der Waals surface area contributed by atoms with Gasteiger partial charge < -0.3 is 0 Å². The summed E-state index contributed by atoms with van der Waals surface area (Å²) in [7, 11) is 1.72. The third kappa shape index (κ3) is 3.68. The molecule has 0 atom stereocenters. The summed E-state index contributed by atoms with van der Waals surface area (Å²) in [5.74, 6) is -1.85. The standard InChI is InChI=1S/C14H12F4N2O/c1-20-8-9(7-19-20)2-5-13(21)10-3-4-12(15)11(6-10)14(16,17)18/h3-4,6-8H,2,5H2,1H3. The average Bonchev–Trinajstić information content (AvgIpc) is 2.81. The SMILES string of the molecule is Cn1cc(CCC(=O)c2ccc(F)c(C(F)(F)F)c2)cn1. The highest BCUT2D eigenvalue weighted by Gasteiger charge is 2.34. The van der Waals surface area contributed by atoms with Crippen LogP contribution >= 0.6 is 0 Å². The molecule has 112 valence electrons. The maximum atomic E-state index is 13.1. The number of ketones is 1. The number of aromatic nitrogens is 2. The average molecular weight is 300 g/mol. The summed E-state index contributed by atoms with van der Waals surface area (Å²) in [5.41, 5.74) is -0.758. The van der Waals surface area contributed by atoms with Gasteiger partial charge >= 0.3 is 6.18 Å². The van der Waals surface area contributed by atoms with Crippen molar-refractivity contribution in [3.63, 3.8) is 0 Å². The molecule has 2 aromatic rings. The topological polar surface area (TPSA) is 34.9 Å². The second-order valence-electron chi connectivity index (χ2n) is 4.64. The number of rotatable bonds is 4. The number of hydrogen-bond acceptors (Lipinski definition) is 2. The molecule has 0 bridgehead atoms. The van der Waals surface area contributed by atoms with E-state index < -0.39 is 23.3 Å². The summed E-state index contributed by atoms with van der Waals surface area (Å²) in [6.45, 7) is 0. The lowest BCUT2D eigenvalue weighted by Gasteiger charge is -2.09. The van der Waals surface area contributed by atoms with E-state index in [2.05, 4.69) is 5.10 Å². The van der Waals surface area contributed by atoms with Gasteiger partial charge in [-0.15, -0.1) is 0 Å². The van der Waals surface area contributed by atoms with Crippen molar-refractivity contribution in [1.82, 2.24) is 9.78 Å². The number of carbonyl (C=O) groups excluding carboxylic acids is 1. The lowest BCUT2D eigenvalue weighted by molar-refractivity contribution is -0.140. The van der Waals surface area contributed by atoms with E-state index in [0.717, 1.165) is 11.6 Å². The van der Waals surface area contributed by atoms with Gasteiger partial charge in [0.15, 0.2) is 5.78 Å². The zero-order valence-electron chi connectivity index (χ0n) is 11.1. The predicted octanol–water partition coefficient (Wildman–Crippen LogP) is 3.39. The van der Waals surface area contributed by atoms with Crippen LogP contribution in [-0.4, -0.2) is 15.6 Å². The molecule has 3 nitrogen and oxygen atoms in total. The fourth-order valence-electron chi connectivity index (χ4n) is 1.92. The number of benzene rings is 1. The number of carbonyl (C=O) groups is 1. The number of nitrogens with zero attached hydrogens (tertiary/aromatic N) is 2. The van der Waals surface area contributed by atoms with Gasteiger partial charge in [-0.05, 0) is 30.2 Å². The first-order valence-electron chi connectivity index (χ1n) is 6.15. The van der Waals surface area contributed by atoms with Crippen molar-refractivity contribution < 1.29 is 22.4 Å². The zero-order chi connectivity index (χ0) is 15.6. The molecule has 1 aromatic carbocycles. The van der Waals surface area contributed by atoms with Crippen LogP contribution in [0.15, 0.2) is 30.6 Å². The Bertz CT molecular complexity index is 661. The zero-order valence-corrected chi connectivity index (χ0v) is 11.1. The Morgan fingerprint density at radius 3 is 2.62 bits per heavy atom. The van der Waals surface area contributed by atoms with E-state index in [0.29, 0.717) is 18.6 Å². The van der Waals surface area contributed by atoms with Gasteiger partial charge in [-0.1, -0.05) is 0 Å². The van der Waals surface area contributed by atoms with Crippen LogP contribution in [0.1, 0.15) is 27.9 Å². The first-order chi connectivity index (χ1) is 9.77. The minimum Gasteiger partial charge on any atom is -0.294 e. The fourth-order valence-corrected chi connectivity index (χ4v) is 1.92. The molecule has 2 rings (SSSR count). The molecule has 0 N–H and O–H groups in total. The molecule has 0 radical (unpaired) electrons. The van der Waals surface area contributed by atoms with Gasteiger partial charge in [0.25, 0.3) is 0 Å². The lowest BCUT2D eigenvalue weighted by atomic mass is 10.0. The van der Waals surface area contributed by atoms with Crippen molar-refractivity contribution in [3.05, 3.63) is 53.1 Å². The highest BCUT2D eigenvalue weighted by Crippen LogP contribution is 2.32. The molecule has 0 aliphatic carbocycles. The molecule has 0 spiro atoms. The Labute approximate surface area is 118 Å². The van der Waals surface area contributed by atoms with Crippen LogP contribution in [0.5, 0.6) is 0 Å². The molecule has 0 saturated carbocycles. The van der Waals surface area contributed by atoms with Crippen LogP contribution in [0.2, 0.25) is 0 Å². The maximum Gasteiger partial charge on any atom is 0.419 e. The van der Waals surface area contributed by atoms with E-state index in [1.54, 1.807) is 24.1 Å². The Morgan fingerprint density at radius 1 is 1.33 bits per heavy atom. The number of halogens is 4. The van der Waals surface area contributed by atoms with Crippen LogP contribution < -0.4 is 0 Å². The van der Waals surface area contributed by atoms with Crippen LogP contribution in [0.4, 0.5) is 17.6 Å². The summed E-state index contributed by atoms with van der Waals surface area (Å²) in [6, 6.07) is 2.29. The smallest absolute Gasteiger partial charge is 0.294 e. The van der Waals surface area contributed by atoms with Gasteiger partial charge in [-0.25, -0.2) is 4.39 Å². The van der Waals surface area contributed by atoms with Crippen LogP contribution in [0.25, 0.3) is 0 Å². The van der Waals surface area contributed by atoms with Gasteiger partial charge in [0.2, 0.25) is 0 Å². The van der Waals surface area contributed by atoms with Crippen molar-refractivity contribution >= 4 is 5.78 Å². The first kappa shape index (κ1) is 15.2. The highest BCUT2D eigenvalue weighted by atomic mass is 19.4. The molecule has 0 unspecified atom stereocenters. The molecule has 0 saturated heterocycles. The molecular weight excluding hydrogens is 288 g/mol. The molecule has 0 fully saturated rings. The van der Waals surface area contributed by atoms with E-state index in [1.165, 1.54) is 0 Å². The second-order valence-corrected chi connectivity index (χ2v) is 4.64. The fraction of sp³-hybridized carbons (Fsp3) is 0.286. The van der Waals surface area contributed by atoms with E-state index in [-0.39, 0.29) is 12.0 Å². The lowest BCUT2D eigenvalue weighted by Crippen LogP contribution is -2.10. The van der Waals surface area contributed by atoms with Crippen LogP contribution in [0, 0.1) is 5.82 Å². The summed E-state index contributed by atoms with van der Waals surface area (Å²) in [4.78, 5) is 11.9. The number of aryl methyl sites for hydroxylation is 2. The first-order valence-corrected chi connectivity index (χ1v) is 6.15. The second kappa shape index (κ2) is 5.67. The summed E-state index contributed by atoms with van der Waals surface area (Å²) < 4.78 is 52.5. The Kier molecular flexibility index (Phi) is 4.11. The minimum absolute atomic E-state index is 0.0363. The predicted molar refractivity (Wildman–Crippen MR) is 67.3 cm³/mol. The minimum atomic E-state index is -4.82. The monoisotopic (exact) mass is 300 g/mol. The molecule has 21 heavy (non-hydrogen) atoms. The molecule has 1 heterocycles. The summed E-state index contributed by atoms with van der Waals surface area (Å²) >= 11 is 0. The van der Waals surface area contributed by atoms with Gasteiger partial charge in [0, 0.05) is 25.2 Å². The van der Waals surface area contributed by atoms with E-state index >= 15 is 0 Å². The van der Waals surface area contributed by atoms with Gasteiger partial charge in [0.1, 0.15) is 5.82 Å². The van der Waals surface area contributed by atoms with Crippen LogP contribution in [-0.2, 0) is 19.6 Å². The Balaban J connectivity index is 2.12. The quantitative estimate of drug-likeness (QED) is 0.641. The summed E-state index contributed by atoms with van der Waals surface area (Å²) in [5, 5.41) is 3.93. The van der Waals surface area contributed by atoms with Crippen molar-refractivity contribution in [1.29, 1.82) is 0 Å². The molecule has 7 heteroatoms. The molecule has 0 aliphatic heterocycles. The van der Waals surface area contributed by atoms with Crippen molar-refractivity contribution in [2.24, 2.45) is 7.05 Å².